The molecule has 0 aromatic heterocycles. The molecule has 1 aromatic carbocycles. The van der Waals surface area contributed by atoms with Crippen molar-refractivity contribution < 1.29 is 14.2 Å². The van der Waals surface area contributed by atoms with Crippen molar-refractivity contribution in [3.8, 4) is 11.5 Å². The van der Waals surface area contributed by atoms with E-state index in [-0.39, 0.29) is 0 Å². The van der Waals surface area contributed by atoms with Crippen molar-refractivity contribution in [1.29, 1.82) is 0 Å². The van der Waals surface area contributed by atoms with Crippen LogP contribution in [0.1, 0.15) is 12.0 Å². The molecule has 1 aromatic rings. The minimum atomic E-state index is 0.530. The summed E-state index contributed by atoms with van der Waals surface area (Å²) in [5, 5.41) is 7.03. The summed E-state index contributed by atoms with van der Waals surface area (Å²) < 4.78 is 16.1. The summed E-state index contributed by atoms with van der Waals surface area (Å²) >= 11 is 6.22. The first kappa shape index (κ1) is 16.7. The van der Waals surface area contributed by atoms with Gasteiger partial charge < -0.3 is 24.8 Å². The first-order chi connectivity index (χ1) is 10.7. The van der Waals surface area contributed by atoms with Crippen LogP contribution in [0.15, 0.2) is 17.1 Å². The van der Waals surface area contributed by atoms with E-state index in [4.69, 9.17) is 25.8 Å². The predicted octanol–water partition coefficient (Wildman–Crippen LogP) is 1.81. The van der Waals surface area contributed by atoms with E-state index in [1.165, 1.54) is 0 Å². The number of aliphatic imine (C=N–C) groups is 1. The maximum Gasteiger partial charge on any atom is 0.191 e. The van der Waals surface area contributed by atoms with Gasteiger partial charge in [0.2, 0.25) is 0 Å². The molecule has 22 heavy (non-hydrogen) atoms. The average Bonchev–Trinajstić information content (AvgIpc) is 2.54. The molecule has 0 unspecified atom stereocenters. The van der Waals surface area contributed by atoms with Gasteiger partial charge in [-0.1, -0.05) is 11.6 Å². The van der Waals surface area contributed by atoms with Crippen molar-refractivity contribution in [1.82, 2.24) is 10.6 Å². The van der Waals surface area contributed by atoms with Crippen LogP contribution in [-0.4, -0.2) is 46.5 Å². The molecule has 0 bridgehead atoms. The van der Waals surface area contributed by atoms with Gasteiger partial charge >= 0.3 is 0 Å². The average molecular weight is 328 g/mol. The molecule has 1 heterocycles. The van der Waals surface area contributed by atoms with Gasteiger partial charge in [-0.15, -0.1) is 0 Å². The van der Waals surface area contributed by atoms with E-state index < -0.39 is 0 Å². The first-order valence-electron chi connectivity index (χ1n) is 7.26. The SMILES string of the molecule is CN=C(NCCCOC)NCc1cc(Cl)c2c(c1)OCCO2. The van der Waals surface area contributed by atoms with Gasteiger partial charge in [-0.05, 0) is 24.1 Å². The summed E-state index contributed by atoms with van der Waals surface area (Å²) in [6.45, 7) is 3.20. The summed E-state index contributed by atoms with van der Waals surface area (Å²) in [6, 6.07) is 3.81. The smallest absolute Gasteiger partial charge is 0.191 e. The van der Waals surface area contributed by atoms with Crippen molar-refractivity contribution in [2.45, 2.75) is 13.0 Å². The molecule has 7 heteroatoms. The highest BCUT2D eigenvalue weighted by molar-refractivity contribution is 6.32. The Labute approximate surface area is 135 Å². The van der Waals surface area contributed by atoms with E-state index in [9.17, 15) is 0 Å². The molecule has 2 rings (SSSR count). The third-order valence-electron chi connectivity index (χ3n) is 3.16. The predicted molar refractivity (Wildman–Crippen MR) is 87.1 cm³/mol. The van der Waals surface area contributed by atoms with Crippen LogP contribution < -0.4 is 20.1 Å². The van der Waals surface area contributed by atoms with E-state index in [0.717, 1.165) is 31.1 Å². The molecule has 1 aliphatic rings. The lowest BCUT2D eigenvalue weighted by Crippen LogP contribution is -2.37. The van der Waals surface area contributed by atoms with E-state index >= 15 is 0 Å². The summed E-state index contributed by atoms with van der Waals surface area (Å²) in [5.41, 5.74) is 1.01. The monoisotopic (exact) mass is 327 g/mol. The lowest BCUT2D eigenvalue weighted by atomic mass is 10.2. The van der Waals surface area contributed by atoms with Gasteiger partial charge in [-0.25, -0.2) is 0 Å². The molecule has 0 saturated heterocycles. The number of fused-ring (bicyclic) bond motifs is 1. The van der Waals surface area contributed by atoms with E-state index in [1.807, 2.05) is 12.1 Å². The number of nitrogens with one attached hydrogen (secondary N) is 2. The van der Waals surface area contributed by atoms with Crippen LogP contribution in [0.5, 0.6) is 11.5 Å². The zero-order valence-electron chi connectivity index (χ0n) is 12.9. The standard InChI is InChI=1S/C15H22ClN3O3/c1-17-15(18-4-3-5-20-2)19-10-11-8-12(16)14-13(9-11)21-6-7-22-14/h8-9H,3-7,10H2,1-2H3,(H2,17,18,19). The molecule has 0 atom stereocenters. The van der Waals surface area contributed by atoms with Crippen LogP contribution in [0.3, 0.4) is 0 Å². The van der Waals surface area contributed by atoms with Gasteiger partial charge in [-0.2, -0.15) is 0 Å². The topological polar surface area (TPSA) is 64.1 Å². The van der Waals surface area contributed by atoms with Gasteiger partial charge in [0.1, 0.15) is 13.2 Å². The fraction of sp³-hybridized carbons (Fsp3) is 0.533. The van der Waals surface area contributed by atoms with Crippen LogP contribution in [0.25, 0.3) is 0 Å². The number of guanidine groups is 1. The summed E-state index contributed by atoms with van der Waals surface area (Å²) in [6.07, 6.45) is 0.924. The van der Waals surface area contributed by atoms with Crippen molar-refractivity contribution >= 4 is 17.6 Å². The number of benzene rings is 1. The third kappa shape index (κ3) is 4.68. The fourth-order valence-corrected chi connectivity index (χ4v) is 2.38. The minimum absolute atomic E-state index is 0.530. The Morgan fingerprint density at radius 1 is 1.32 bits per heavy atom. The van der Waals surface area contributed by atoms with Crippen molar-refractivity contribution in [3.05, 3.63) is 22.7 Å². The normalized spacial score (nSPS) is 13.9. The molecule has 6 nitrogen and oxygen atoms in total. The molecule has 0 spiro atoms. The van der Waals surface area contributed by atoms with Gasteiger partial charge in [0.15, 0.2) is 17.5 Å². The van der Waals surface area contributed by atoms with Crippen LogP contribution in [0, 0.1) is 0 Å². The molecule has 0 amide bonds. The number of halogens is 1. The molecule has 0 aliphatic carbocycles. The zero-order valence-corrected chi connectivity index (χ0v) is 13.7. The second-order valence-corrected chi connectivity index (χ2v) is 5.21. The Morgan fingerprint density at radius 3 is 2.91 bits per heavy atom. The Kier molecular flexibility index (Phi) is 6.61. The van der Waals surface area contributed by atoms with Crippen molar-refractivity contribution in [2.75, 3.05) is 40.5 Å². The van der Waals surface area contributed by atoms with Gasteiger partial charge in [0.25, 0.3) is 0 Å². The molecule has 122 valence electrons. The molecule has 1 aliphatic heterocycles. The highest BCUT2D eigenvalue weighted by atomic mass is 35.5. The maximum absolute atomic E-state index is 6.22. The third-order valence-corrected chi connectivity index (χ3v) is 3.44. The lowest BCUT2D eigenvalue weighted by molar-refractivity contribution is 0.171. The van der Waals surface area contributed by atoms with Gasteiger partial charge in [0.05, 0.1) is 5.02 Å². The van der Waals surface area contributed by atoms with Crippen LogP contribution >= 0.6 is 11.6 Å². The molecule has 2 N–H and O–H groups in total. The molecule has 0 radical (unpaired) electrons. The van der Waals surface area contributed by atoms with Gasteiger partial charge in [-0.3, -0.25) is 4.99 Å². The maximum atomic E-state index is 6.22. The van der Waals surface area contributed by atoms with E-state index in [0.29, 0.717) is 36.3 Å². The molecule has 0 fully saturated rings. The second-order valence-electron chi connectivity index (χ2n) is 4.80. The van der Waals surface area contributed by atoms with Crippen LogP contribution in [0.2, 0.25) is 5.02 Å². The molecular weight excluding hydrogens is 306 g/mol. The summed E-state index contributed by atoms with van der Waals surface area (Å²) in [4.78, 5) is 4.18. The number of hydrogen-bond donors (Lipinski definition) is 2. The van der Waals surface area contributed by atoms with Crippen molar-refractivity contribution in [2.24, 2.45) is 4.99 Å². The quantitative estimate of drug-likeness (QED) is 0.474. The fourth-order valence-electron chi connectivity index (χ4n) is 2.10. The number of hydrogen-bond acceptors (Lipinski definition) is 4. The van der Waals surface area contributed by atoms with Crippen molar-refractivity contribution in [3.63, 3.8) is 0 Å². The first-order valence-corrected chi connectivity index (χ1v) is 7.64. The number of rotatable bonds is 6. The molecular formula is C15H22ClN3O3. The van der Waals surface area contributed by atoms with Gasteiger partial charge in [0, 0.05) is 33.9 Å². The summed E-state index contributed by atoms with van der Waals surface area (Å²) in [7, 11) is 3.43. The Bertz CT molecular complexity index is 523. The van der Waals surface area contributed by atoms with Crippen LogP contribution in [0.4, 0.5) is 0 Å². The number of nitrogens with zero attached hydrogens (tertiary/aromatic N) is 1. The largest absolute Gasteiger partial charge is 0.486 e. The Balaban J connectivity index is 1.89. The van der Waals surface area contributed by atoms with E-state index in [2.05, 4.69) is 15.6 Å². The van der Waals surface area contributed by atoms with Crippen LogP contribution in [-0.2, 0) is 11.3 Å². The van der Waals surface area contributed by atoms with E-state index in [1.54, 1.807) is 14.2 Å². The Morgan fingerprint density at radius 2 is 2.14 bits per heavy atom. The zero-order chi connectivity index (χ0) is 15.8. The second kappa shape index (κ2) is 8.70. The minimum Gasteiger partial charge on any atom is -0.486 e. The lowest BCUT2D eigenvalue weighted by Gasteiger charge is -2.20. The molecule has 0 saturated carbocycles. The Hall–Kier alpha value is -1.66. The number of methoxy groups -OCH3 is 1. The highest BCUT2D eigenvalue weighted by Crippen LogP contribution is 2.38. The number of ether oxygens (including phenoxy) is 3. The summed E-state index contributed by atoms with van der Waals surface area (Å²) in [5.74, 6) is 2.06. The highest BCUT2D eigenvalue weighted by Gasteiger charge is 2.16.